The van der Waals surface area contributed by atoms with E-state index in [1.807, 2.05) is 18.7 Å². The number of halogens is 1. The third-order valence-corrected chi connectivity index (χ3v) is 4.35. The standard InChI is InChI=1S/C17H24ClN3O2/c1-3-13(2)19-16(22)12-20-7-9-21(10-8-20)17(23)14-5-4-6-15(18)11-14/h4-6,11,13H,3,7-10,12H2,1-2H3,(H,19,22)/t13-/m1/s1. The number of carbonyl (C=O) groups is 2. The van der Waals surface area contributed by atoms with Crippen LogP contribution in [0.15, 0.2) is 24.3 Å². The average molecular weight is 338 g/mol. The summed E-state index contributed by atoms with van der Waals surface area (Å²) in [5.74, 6) is 0.0465. The van der Waals surface area contributed by atoms with Crippen molar-refractivity contribution >= 4 is 23.4 Å². The Hall–Kier alpha value is -1.59. The molecule has 1 heterocycles. The predicted molar refractivity (Wildman–Crippen MR) is 91.7 cm³/mol. The molecule has 1 atom stereocenters. The Balaban J connectivity index is 1.82. The number of hydrogen-bond acceptors (Lipinski definition) is 3. The molecule has 2 rings (SSSR count). The maximum absolute atomic E-state index is 12.4. The van der Waals surface area contributed by atoms with Crippen LogP contribution in [0.2, 0.25) is 5.02 Å². The molecule has 1 aliphatic heterocycles. The molecule has 1 fully saturated rings. The van der Waals surface area contributed by atoms with Gasteiger partial charge in [-0.3, -0.25) is 14.5 Å². The van der Waals surface area contributed by atoms with Crippen molar-refractivity contribution < 1.29 is 9.59 Å². The van der Waals surface area contributed by atoms with E-state index >= 15 is 0 Å². The zero-order valence-corrected chi connectivity index (χ0v) is 14.5. The molecule has 0 radical (unpaired) electrons. The summed E-state index contributed by atoms with van der Waals surface area (Å²) in [6, 6.07) is 7.21. The van der Waals surface area contributed by atoms with Gasteiger partial charge in [-0.1, -0.05) is 24.6 Å². The van der Waals surface area contributed by atoms with Gasteiger partial charge in [0.05, 0.1) is 6.54 Å². The van der Waals surface area contributed by atoms with Crippen molar-refractivity contribution in [3.63, 3.8) is 0 Å². The number of hydrogen-bond donors (Lipinski definition) is 1. The molecule has 1 aromatic rings. The Morgan fingerprint density at radius 1 is 1.26 bits per heavy atom. The molecule has 1 N–H and O–H groups in total. The minimum atomic E-state index is -0.00351. The van der Waals surface area contributed by atoms with Crippen LogP contribution >= 0.6 is 11.6 Å². The molecule has 0 unspecified atom stereocenters. The van der Waals surface area contributed by atoms with Crippen molar-refractivity contribution in [1.29, 1.82) is 0 Å². The number of amides is 2. The zero-order chi connectivity index (χ0) is 16.8. The Bertz CT molecular complexity index is 557. The first-order chi connectivity index (χ1) is 11.0. The monoisotopic (exact) mass is 337 g/mol. The number of piperazine rings is 1. The molecule has 0 aromatic heterocycles. The van der Waals surface area contributed by atoms with E-state index < -0.39 is 0 Å². The number of benzene rings is 1. The quantitative estimate of drug-likeness (QED) is 0.894. The van der Waals surface area contributed by atoms with Crippen molar-refractivity contribution in [3.8, 4) is 0 Å². The summed E-state index contributed by atoms with van der Waals surface area (Å²) in [5, 5.41) is 3.53. The lowest BCUT2D eigenvalue weighted by molar-refractivity contribution is -0.123. The number of rotatable bonds is 5. The van der Waals surface area contributed by atoms with Crippen LogP contribution in [0.25, 0.3) is 0 Å². The van der Waals surface area contributed by atoms with E-state index in [1.54, 1.807) is 24.3 Å². The molecular formula is C17H24ClN3O2. The Labute approximate surface area is 142 Å². The number of nitrogens with zero attached hydrogens (tertiary/aromatic N) is 2. The molecule has 2 amide bonds. The molecule has 23 heavy (non-hydrogen) atoms. The third-order valence-electron chi connectivity index (χ3n) is 4.12. The Morgan fingerprint density at radius 2 is 1.96 bits per heavy atom. The molecule has 1 aliphatic rings. The average Bonchev–Trinajstić information content (AvgIpc) is 2.54. The van der Waals surface area contributed by atoms with Gasteiger partial charge < -0.3 is 10.2 Å². The molecule has 0 spiro atoms. The second-order valence-electron chi connectivity index (χ2n) is 5.96. The van der Waals surface area contributed by atoms with Crippen molar-refractivity contribution in [3.05, 3.63) is 34.9 Å². The van der Waals surface area contributed by atoms with Crippen molar-refractivity contribution in [2.45, 2.75) is 26.3 Å². The molecule has 126 valence electrons. The first-order valence-corrected chi connectivity index (χ1v) is 8.44. The van der Waals surface area contributed by atoms with E-state index in [2.05, 4.69) is 10.2 Å². The van der Waals surface area contributed by atoms with E-state index in [0.717, 1.165) is 6.42 Å². The Morgan fingerprint density at radius 3 is 2.57 bits per heavy atom. The van der Waals surface area contributed by atoms with Crippen LogP contribution in [-0.4, -0.2) is 60.4 Å². The fourth-order valence-electron chi connectivity index (χ4n) is 2.54. The largest absolute Gasteiger partial charge is 0.353 e. The van der Waals surface area contributed by atoms with Gasteiger partial charge in [0.25, 0.3) is 5.91 Å². The lowest BCUT2D eigenvalue weighted by Gasteiger charge is -2.34. The minimum absolute atomic E-state index is 0.00351. The highest BCUT2D eigenvalue weighted by molar-refractivity contribution is 6.30. The summed E-state index contributed by atoms with van der Waals surface area (Å²) < 4.78 is 0. The zero-order valence-electron chi connectivity index (χ0n) is 13.7. The lowest BCUT2D eigenvalue weighted by atomic mass is 10.2. The first kappa shape index (κ1) is 17.8. The van der Waals surface area contributed by atoms with Crippen LogP contribution in [0.5, 0.6) is 0 Å². The topological polar surface area (TPSA) is 52.7 Å². The molecular weight excluding hydrogens is 314 g/mol. The molecule has 0 saturated carbocycles. The van der Waals surface area contributed by atoms with E-state index in [4.69, 9.17) is 11.6 Å². The summed E-state index contributed by atoms with van der Waals surface area (Å²) in [5.41, 5.74) is 0.612. The van der Waals surface area contributed by atoms with E-state index in [0.29, 0.717) is 43.3 Å². The van der Waals surface area contributed by atoms with E-state index in [1.165, 1.54) is 0 Å². The first-order valence-electron chi connectivity index (χ1n) is 8.06. The Kier molecular flexibility index (Phi) is 6.42. The smallest absolute Gasteiger partial charge is 0.253 e. The third kappa shape index (κ3) is 5.22. The maximum Gasteiger partial charge on any atom is 0.253 e. The molecule has 5 nitrogen and oxygen atoms in total. The van der Waals surface area contributed by atoms with Gasteiger partial charge in [-0.25, -0.2) is 0 Å². The van der Waals surface area contributed by atoms with Crippen molar-refractivity contribution in [2.24, 2.45) is 0 Å². The van der Waals surface area contributed by atoms with Crippen molar-refractivity contribution in [1.82, 2.24) is 15.1 Å². The van der Waals surface area contributed by atoms with Gasteiger partial charge >= 0.3 is 0 Å². The van der Waals surface area contributed by atoms with Crippen LogP contribution in [-0.2, 0) is 4.79 Å². The molecule has 1 saturated heterocycles. The van der Waals surface area contributed by atoms with Crippen LogP contribution in [0, 0.1) is 0 Å². The minimum Gasteiger partial charge on any atom is -0.353 e. The van der Waals surface area contributed by atoms with E-state index in [-0.39, 0.29) is 17.9 Å². The summed E-state index contributed by atoms with van der Waals surface area (Å²) in [6.07, 6.45) is 0.924. The van der Waals surface area contributed by atoms with Gasteiger partial charge in [-0.05, 0) is 31.5 Å². The van der Waals surface area contributed by atoms with Gasteiger partial charge in [0.2, 0.25) is 5.91 Å². The van der Waals surface area contributed by atoms with Crippen LogP contribution < -0.4 is 5.32 Å². The summed E-state index contributed by atoms with van der Waals surface area (Å²) in [7, 11) is 0. The lowest BCUT2D eigenvalue weighted by Crippen LogP contribution is -2.51. The molecule has 0 aliphatic carbocycles. The van der Waals surface area contributed by atoms with Crippen LogP contribution in [0.3, 0.4) is 0 Å². The SMILES string of the molecule is CC[C@@H](C)NC(=O)CN1CCN(C(=O)c2cccc(Cl)c2)CC1. The summed E-state index contributed by atoms with van der Waals surface area (Å²) >= 11 is 5.94. The predicted octanol–water partition coefficient (Wildman–Crippen LogP) is 2.01. The second kappa shape index (κ2) is 8.31. The molecule has 1 aromatic carbocycles. The molecule has 0 bridgehead atoms. The molecule has 6 heteroatoms. The van der Waals surface area contributed by atoms with Gasteiger partial charge in [-0.2, -0.15) is 0 Å². The van der Waals surface area contributed by atoms with Gasteiger partial charge in [0.15, 0.2) is 0 Å². The van der Waals surface area contributed by atoms with Gasteiger partial charge in [-0.15, -0.1) is 0 Å². The van der Waals surface area contributed by atoms with Gasteiger partial charge in [0.1, 0.15) is 0 Å². The highest BCUT2D eigenvalue weighted by atomic mass is 35.5. The van der Waals surface area contributed by atoms with E-state index in [9.17, 15) is 9.59 Å². The second-order valence-corrected chi connectivity index (χ2v) is 6.39. The van der Waals surface area contributed by atoms with Crippen LogP contribution in [0.4, 0.5) is 0 Å². The summed E-state index contributed by atoms with van der Waals surface area (Å²) in [4.78, 5) is 28.2. The fourth-order valence-corrected chi connectivity index (χ4v) is 2.73. The van der Waals surface area contributed by atoms with Gasteiger partial charge in [0, 0.05) is 42.8 Å². The highest BCUT2D eigenvalue weighted by Crippen LogP contribution is 2.14. The van der Waals surface area contributed by atoms with Crippen LogP contribution in [0.1, 0.15) is 30.6 Å². The summed E-state index contributed by atoms with van der Waals surface area (Å²) in [6.45, 7) is 7.11. The fraction of sp³-hybridized carbons (Fsp3) is 0.529. The normalized spacial score (nSPS) is 16.9. The maximum atomic E-state index is 12.4. The highest BCUT2D eigenvalue weighted by Gasteiger charge is 2.23. The van der Waals surface area contributed by atoms with Crippen molar-refractivity contribution in [2.75, 3.05) is 32.7 Å². The number of nitrogens with one attached hydrogen (secondary N) is 1. The number of carbonyl (C=O) groups excluding carboxylic acids is 2.